The molecule has 0 atom stereocenters. The molecule has 1 aliphatic carbocycles. The minimum Gasteiger partial charge on any atom is -0.380 e. The Labute approximate surface area is 111 Å². The van der Waals surface area contributed by atoms with Crippen molar-refractivity contribution in [1.82, 2.24) is 5.32 Å². The molecule has 1 fully saturated rings. The molecular formula is C13H17N3O3. The number of benzene rings is 1. The summed E-state index contributed by atoms with van der Waals surface area (Å²) in [6.45, 7) is 3.01. The molecule has 0 aliphatic heterocycles. The normalized spacial score (nSPS) is 13.9. The van der Waals surface area contributed by atoms with E-state index in [1.54, 1.807) is 12.1 Å². The standard InChI is InChI=1S/C13H17N3O3/c1-2-14-11-5-3-4-10(12(11)16(18)19)13(17)15-8-9-6-7-9/h3-5,9,14H,2,6-8H2,1H3,(H,15,17). The lowest BCUT2D eigenvalue weighted by molar-refractivity contribution is -0.384. The molecule has 0 unspecified atom stereocenters. The maximum absolute atomic E-state index is 12.0. The third-order valence-corrected chi connectivity index (χ3v) is 3.08. The second-order valence-corrected chi connectivity index (χ2v) is 4.64. The van der Waals surface area contributed by atoms with E-state index in [0.29, 0.717) is 24.7 Å². The average Bonchev–Trinajstić information content (AvgIpc) is 3.19. The Kier molecular flexibility index (Phi) is 3.99. The summed E-state index contributed by atoms with van der Waals surface area (Å²) in [7, 11) is 0. The number of rotatable bonds is 6. The highest BCUT2D eigenvalue weighted by atomic mass is 16.6. The molecule has 0 spiro atoms. The van der Waals surface area contributed by atoms with Crippen LogP contribution >= 0.6 is 0 Å². The molecule has 0 heterocycles. The van der Waals surface area contributed by atoms with Crippen molar-refractivity contribution in [2.45, 2.75) is 19.8 Å². The number of carbonyl (C=O) groups is 1. The van der Waals surface area contributed by atoms with E-state index in [2.05, 4.69) is 10.6 Å². The molecule has 2 rings (SSSR count). The van der Waals surface area contributed by atoms with E-state index in [-0.39, 0.29) is 17.2 Å². The van der Waals surface area contributed by atoms with Gasteiger partial charge in [0.2, 0.25) is 0 Å². The molecule has 102 valence electrons. The molecule has 1 aliphatic rings. The minimum absolute atomic E-state index is 0.115. The maximum atomic E-state index is 12.0. The van der Waals surface area contributed by atoms with Crippen LogP contribution in [-0.2, 0) is 0 Å². The number of amides is 1. The highest BCUT2D eigenvalue weighted by molar-refractivity contribution is 6.00. The summed E-state index contributed by atoms with van der Waals surface area (Å²) in [5.74, 6) is 0.165. The first kappa shape index (κ1) is 13.3. The first-order chi connectivity index (χ1) is 9.13. The lowest BCUT2D eigenvalue weighted by Crippen LogP contribution is -2.26. The van der Waals surface area contributed by atoms with E-state index in [4.69, 9.17) is 0 Å². The molecule has 1 aromatic rings. The molecule has 1 amide bonds. The van der Waals surface area contributed by atoms with Gasteiger partial charge in [0, 0.05) is 13.1 Å². The van der Waals surface area contributed by atoms with Crippen LogP contribution in [0.2, 0.25) is 0 Å². The fourth-order valence-electron chi connectivity index (χ4n) is 1.91. The number of carbonyl (C=O) groups excluding carboxylic acids is 1. The van der Waals surface area contributed by atoms with Crippen molar-refractivity contribution >= 4 is 17.3 Å². The third-order valence-electron chi connectivity index (χ3n) is 3.08. The Bertz CT molecular complexity index is 498. The number of nitrogens with one attached hydrogen (secondary N) is 2. The van der Waals surface area contributed by atoms with Gasteiger partial charge in [0.25, 0.3) is 5.91 Å². The summed E-state index contributed by atoms with van der Waals surface area (Å²) >= 11 is 0. The molecule has 2 N–H and O–H groups in total. The number of nitrogens with zero attached hydrogens (tertiary/aromatic N) is 1. The average molecular weight is 263 g/mol. The van der Waals surface area contributed by atoms with Gasteiger partial charge in [-0.1, -0.05) is 6.07 Å². The topological polar surface area (TPSA) is 84.3 Å². The van der Waals surface area contributed by atoms with Gasteiger partial charge in [-0.05, 0) is 37.8 Å². The second-order valence-electron chi connectivity index (χ2n) is 4.64. The first-order valence-electron chi connectivity index (χ1n) is 6.43. The quantitative estimate of drug-likeness (QED) is 0.608. The van der Waals surface area contributed by atoms with Crippen LogP contribution in [-0.4, -0.2) is 23.9 Å². The number of hydrogen-bond donors (Lipinski definition) is 2. The lowest BCUT2D eigenvalue weighted by atomic mass is 10.1. The molecular weight excluding hydrogens is 246 g/mol. The summed E-state index contributed by atoms with van der Waals surface area (Å²) in [6, 6.07) is 4.75. The van der Waals surface area contributed by atoms with Crippen LogP contribution in [0.1, 0.15) is 30.1 Å². The fourth-order valence-corrected chi connectivity index (χ4v) is 1.91. The minimum atomic E-state index is -0.510. The van der Waals surface area contributed by atoms with Crippen LogP contribution in [0.3, 0.4) is 0 Å². The monoisotopic (exact) mass is 263 g/mol. The van der Waals surface area contributed by atoms with Crippen LogP contribution in [0, 0.1) is 16.0 Å². The van der Waals surface area contributed by atoms with Gasteiger partial charge in [-0.15, -0.1) is 0 Å². The van der Waals surface area contributed by atoms with Gasteiger partial charge in [-0.2, -0.15) is 0 Å². The summed E-state index contributed by atoms with van der Waals surface area (Å²) in [5.41, 5.74) is 0.341. The molecule has 1 aromatic carbocycles. The van der Waals surface area contributed by atoms with Gasteiger partial charge in [-0.3, -0.25) is 14.9 Å². The van der Waals surface area contributed by atoms with Gasteiger partial charge in [0.15, 0.2) is 0 Å². The first-order valence-corrected chi connectivity index (χ1v) is 6.43. The molecule has 0 bridgehead atoms. The SMILES string of the molecule is CCNc1cccc(C(=O)NCC2CC2)c1[N+](=O)[O-]. The Hall–Kier alpha value is -2.11. The summed E-state index contributed by atoms with van der Waals surface area (Å²) in [4.78, 5) is 22.7. The van der Waals surface area contributed by atoms with E-state index < -0.39 is 4.92 Å². The van der Waals surface area contributed by atoms with E-state index in [9.17, 15) is 14.9 Å². The fraction of sp³-hybridized carbons (Fsp3) is 0.462. The molecule has 6 nitrogen and oxygen atoms in total. The predicted molar refractivity (Wildman–Crippen MR) is 72.3 cm³/mol. The zero-order valence-electron chi connectivity index (χ0n) is 10.8. The Balaban J connectivity index is 2.23. The van der Waals surface area contributed by atoms with Gasteiger partial charge >= 0.3 is 5.69 Å². The number of hydrogen-bond acceptors (Lipinski definition) is 4. The van der Waals surface area contributed by atoms with E-state index in [1.807, 2.05) is 6.92 Å². The number of anilines is 1. The van der Waals surface area contributed by atoms with E-state index >= 15 is 0 Å². The second kappa shape index (κ2) is 5.69. The largest absolute Gasteiger partial charge is 0.380 e. The Morgan fingerprint density at radius 2 is 2.21 bits per heavy atom. The molecule has 0 aromatic heterocycles. The number of para-hydroxylation sites is 1. The van der Waals surface area contributed by atoms with Crippen molar-refractivity contribution in [2.24, 2.45) is 5.92 Å². The smallest absolute Gasteiger partial charge is 0.305 e. The van der Waals surface area contributed by atoms with Crippen molar-refractivity contribution in [3.63, 3.8) is 0 Å². The van der Waals surface area contributed by atoms with Crippen LogP contribution in [0.25, 0.3) is 0 Å². The molecule has 0 saturated heterocycles. The van der Waals surface area contributed by atoms with Crippen LogP contribution in [0.15, 0.2) is 18.2 Å². The van der Waals surface area contributed by atoms with Crippen molar-refractivity contribution < 1.29 is 9.72 Å². The van der Waals surface area contributed by atoms with Crippen LogP contribution in [0.4, 0.5) is 11.4 Å². The predicted octanol–water partition coefficient (Wildman–Crippen LogP) is 2.17. The highest BCUT2D eigenvalue weighted by Crippen LogP contribution is 2.30. The third kappa shape index (κ3) is 3.21. The molecule has 6 heteroatoms. The summed E-state index contributed by atoms with van der Waals surface area (Å²) in [5, 5.41) is 16.8. The summed E-state index contributed by atoms with van der Waals surface area (Å²) < 4.78 is 0. The van der Waals surface area contributed by atoms with Gasteiger partial charge in [0.1, 0.15) is 11.3 Å². The van der Waals surface area contributed by atoms with Crippen molar-refractivity contribution in [2.75, 3.05) is 18.4 Å². The molecule has 1 saturated carbocycles. The Morgan fingerprint density at radius 3 is 2.79 bits per heavy atom. The van der Waals surface area contributed by atoms with Crippen molar-refractivity contribution in [1.29, 1.82) is 0 Å². The van der Waals surface area contributed by atoms with Crippen LogP contribution < -0.4 is 10.6 Å². The van der Waals surface area contributed by atoms with Gasteiger partial charge in [-0.25, -0.2) is 0 Å². The molecule has 19 heavy (non-hydrogen) atoms. The number of nitro groups is 1. The maximum Gasteiger partial charge on any atom is 0.305 e. The van der Waals surface area contributed by atoms with Crippen molar-refractivity contribution in [3.05, 3.63) is 33.9 Å². The van der Waals surface area contributed by atoms with Crippen molar-refractivity contribution in [3.8, 4) is 0 Å². The van der Waals surface area contributed by atoms with Crippen LogP contribution in [0.5, 0.6) is 0 Å². The highest BCUT2D eigenvalue weighted by Gasteiger charge is 2.26. The van der Waals surface area contributed by atoms with E-state index in [1.165, 1.54) is 6.07 Å². The molecule has 0 radical (unpaired) electrons. The summed E-state index contributed by atoms with van der Waals surface area (Å²) in [6.07, 6.45) is 2.25. The zero-order valence-corrected chi connectivity index (χ0v) is 10.8. The number of nitro benzene ring substituents is 1. The van der Waals surface area contributed by atoms with Gasteiger partial charge in [0.05, 0.1) is 4.92 Å². The van der Waals surface area contributed by atoms with E-state index in [0.717, 1.165) is 12.8 Å². The lowest BCUT2D eigenvalue weighted by Gasteiger charge is -2.09. The van der Waals surface area contributed by atoms with Gasteiger partial charge < -0.3 is 10.6 Å². The zero-order chi connectivity index (χ0) is 13.8. The Morgan fingerprint density at radius 1 is 1.47 bits per heavy atom.